The van der Waals surface area contributed by atoms with Crippen LogP contribution in [-0.4, -0.2) is 34.1 Å². The second-order valence-electron chi connectivity index (χ2n) is 5.90. The van der Waals surface area contributed by atoms with Crippen molar-refractivity contribution in [1.29, 1.82) is 0 Å². The van der Waals surface area contributed by atoms with Crippen LogP contribution in [0.4, 0.5) is 0 Å². The number of nitrogens with zero attached hydrogens (tertiary/aromatic N) is 2. The van der Waals surface area contributed by atoms with Crippen molar-refractivity contribution in [3.8, 4) is 0 Å². The Balaban J connectivity index is 2.18. The van der Waals surface area contributed by atoms with Crippen molar-refractivity contribution in [3.63, 3.8) is 0 Å². The number of carbonyl (C=O) groups excluding carboxylic acids is 2. The van der Waals surface area contributed by atoms with Crippen molar-refractivity contribution < 1.29 is 14.3 Å². The third-order valence-electron chi connectivity index (χ3n) is 4.02. The quantitative estimate of drug-likeness (QED) is 0.806. The largest absolute Gasteiger partial charge is 0.452 e. The van der Waals surface area contributed by atoms with Crippen molar-refractivity contribution in [2.75, 3.05) is 6.61 Å². The highest BCUT2D eigenvalue weighted by Crippen LogP contribution is 2.14. The lowest BCUT2D eigenvalue weighted by molar-refractivity contribution is -0.124. The number of aryl methyl sites for hydroxylation is 2. The van der Waals surface area contributed by atoms with Crippen LogP contribution in [0.15, 0.2) is 23.0 Å². The Bertz CT molecular complexity index is 857. The highest BCUT2D eigenvalue weighted by molar-refractivity contribution is 5.94. The summed E-state index contributed by atoms with van der Waals surface area (Å²) in [6.45, 7) is 7.53. The minimum Gasteiger partial charge on any atom is -0.452 e. The summed E-state index contributed by atoms with van der Waals surface area (Å²) in [5, 5.41) is 2.73. The first-order chi connectivity index (χ1) is 11.9. The summed E-state index contributed by atoms with van der Waals surface area (Å²) in [6.07, 6.45) is 0.800. The number of benzene rings is 1. The third-order valence-corrected chi connectivity index (χ3v) is 4.02. The van der Waals surface area contributed by atoms with Gasteiger partial charge in [0, 0.05) is 12.6 Å². The van der Waals surface area contributed by atoms with Crippen molar-refractivity contribution in [1.82, 2.24) is 14.9 Å². The Morgan fingerprint density at radius 2 is 2.04 bits per heavy atom. The van der Waals surface area contributed by atoms with E-state index >= 15 is 0 Å². The molecule has 0 aliphatic heterocycles. The van der Waals surface area contributed by atoms with Crippen LogP contribution in [0.3, 0.4) is 0 Å². The van der Waals surface area contributed by atoms with Gasteiger partial charge in [-0.05, 0) is 45.4 Å². The van der Waals surface area contributed by atoms with E-state index in [0.717, 1.165) is 6.42 Å². The van der Waals surface area contributed by atoms with E-state index in [1.807, 2.05) is 20.8 Å². The second-order valence-corrected chi connectivity index (χ2v) is 5.90. The molecule has 0 unspecified atom stereocenters. The summed E-state index contributed by atoms with van der Waals surface area (Å²) in [5.41, 5.74) is 1.71. The zero-order chi connectivity index (χ0) is 18.6. The summed E-state index contributed by atoms with van der Waals surface area (Å²) < 4.78 is 6.65. The monoisotopic (exact) mass is 345 g/mol. The SMILES string of the molecule is CC[C@H](C)NC(=O)COC(=O)c1ccc2c(c1)nc(C)c(=O)n2CC. The number of carbonyl (C=O) groups is 2. The minimum atomic E-state index is -0.602. The predicted molar refractivity (Wildman–Crippen MR) is 94.6 cm³/mol. The predicted octanol–water partition coefficient (Wildman–Crippen LogP) is 1.80. The van der Waals surface area contributed by atoms with Crippen LogP contribution in [0.5, 0.6) is 0 Å². The first kappa shape index (κ1) is 18.6. The third kappa shape index (κ3) is 4.23. The number of hydrogen-bond acceptors (Lipinski definition) is 5. The summed E-state index contributed by atoms with van der Waals surface area (Å²) in [4.78, 5) is 40.2. The number of amides is 1. The van der Waals surface area contributed by atoms with Gasteiger partial charge >= 0.3 is 5.97 Å². The average Bonchev–Trinajstić information content (AvgIpc) is 2.60. The van der Waals surface area contributed by atoms with Crippen LogP contribution in [0.2, 0.25) is 0 Å². The molecule has 1 amide bonds. The van der Waals surface area contributed by atoms with Crippen molar-refractivity contribution >= 4 is 22.9 Å². The maximum atomic E-state index is 12.2. The van der Waals surface area contributed by atoms with E-state index in [4.69, 9.17) is 4.74 Å². The molecule has 1 heterocycles. The fourth-order valence-corrected chi connectivity index (χ4v) is 2.45. The van der Waals surface area contributed by atoms with Gasteiger partial charge in [0.2, 0.25) is 0 Å². The second kappa shape index (κ2) is 7.92. The molecule has 7 heteroatoms. The van der Waals surface area contributed by atoms with Gasteiger partial charge in [0.25, 0.3) is 11.5 Å². The molecule has 1 atom stereocenters. The molecular formula is C18H23N3O4. The normalized spacial score (nSPS) is 12.0. The Morgan fingerprint density at radius 1 is 1.32 bits per heavy atom. The number of nitrogens with one attached hydrogen (secondary N) is 1. The fraction of sp³-hybridized carbons (Fsp3) is 0.444. The summed E-state index contributed by atoms with van der Waals surface area (Å²) in [6, 6.07) is 4.84. The number of hydrogen-bond donors (Lipinski definition) is 1. The first-order valence-corrected chi connectivity index (χ1v) is 8.35. The highest BCUT2D eigenvalue weighted by Gasteiger charge is 2.14. The van der Waals surface area contributed by atoms with Gasteiger partial charge < -0.3 is 14.6 Å². The van der Waals surface area contributed by atoms with Gasteiger partial charge in [0.15, 0.2) is 6.61 Å². The van der Waals surface area contributed by atoms with Crippen LogP contribution < -0.4 is 10.9 Å². The van der Waals surface area contributed by atoms with Gasteiger partial charge in [0.05, 0.1) is 16.6 Å². The molecule has 0 aliphatic rings. The Morgan fingerprint density at radius 3 is 2.68 bits per heavy atom. The van der Waals surface area contributed by atoms with E-state index in [2.05, 4.69) is 10.3 Å². The van der Waals surface area contributed by atoms with Crippen LogP contribution >= 0.6 is 0 Å². The molecule has 2 rings (SSSR count). The first-order valence-electron chi connectivity index (χ1n) is 8.35. The molecule has 0 saturated carbocycles. The fourth-order valence-electron chi connectivity index (χ4n) is 2.45. The number of fused-ring (bicyclic) bond motifs is 1. The van der Waals surface area contributed by atoms with Gasteiger partial charge in [-0.15, -0.1) is 0 Å². The van der Waals surface area contributed by atoms with E-state index < -0.39 is 5.97 Å². The number of esters is 1. The van der Waals surface area contributed by atoms with Crippen molar-refractivity contribution in [3.05, 3.63) is 39.8 Å². The Hall–Kier alpha value is -2.70. The Labute approximate surface area is 146 Å². The van der Waals surface area contributed by atoms with Gasteiger partial charge in [0.1, 0.15) is 5.69 Å². The van der Waals surface area contributed by atoms with E-state index in [-0.39, 0.29) is 29.7 Å². The van der Waals surface area contributed by atoms with E-state index in [1.54, 1.807) is 29.7 Å². The lowest BCUT2D eigenvalue weighted by Crippen LogP contribution is -2.35. The number of aromatic nitrogens is 2. The van der Waals surface area contributed by atoms with E-state index in [9.17, 15) is 14.4 Å². The number of rotatable bonds is 6. The smallest absolute Gasteiger partial charge is 0.338 e. The standard InChI is InChI=1S/C18H23N3O4/c1-5-11(3)19-16(22)10-25-18(24)13-7-8-15-14(9-13)20-12(4)17(23)21(15)6-2/h7-9,11H,5-6,10H2,1-4H3,(H,19,22)/t11-/m0/s1. The molecule has 0 aliphatic carbocycles. The zero-order valence-electron chi connectivity index (χ0n) is 15.0. The van der Waals surface area contributed by atoms with Gasteiger partial charge in [-0.25, -0.2) is 9.78 Å². The number of ether oxygens (including phenoxy) is 1. The summed E-state index contributed by atoms with van der Waals surface area (Å²) >= 11 is 0. The van der Waals surface area contributed by atoms with Crippen LogP contribution in [0.1, 0.15) is 43.2 Å². The van der Waals surface area contributed by atoms with Gasteiger partial charge in [-0.2, -0.15) is 0 Å². The van der Waals surface area contributed by atoms with Crippen LogP contribution in [0.25, 0.3) is 11.0 Å². The molecule has 0 bridgehead atoms. The van der Waals surface area contributed by atoms with Gasteiger partial charge in [-0.3, -0.25) is 9.59 Å². The van der Waals surface area contributed by atoms with Gasteiger partial charge in [-0.1, -0.05) is 6.92 Å². The van der Waals surface area contributed by atoms with E-state index in [1.165, 1.54) is 0 Å². The molecule has 0 radical (unpaired) electrons. The lowest BCUT2D eigenvalue weighted by Gasteiger charge is -2.12. The van der Waals surface area contributed by atoms with Crippen molar-refractivity contribution in [2.24, 2.45) is 0 Å². The molecule has 1 N–H and O–H groups in total. The Kier molecular flexibility index (Phi) is 5.90. The average molecular weight is 345 g/mol. The maximum absolute atomic E-state index is 12.2. The van der Waals surface area contributed by atoms with Crippen LogP contribution in [-0.2, 0) is 16.1 Å². The molecule has 25 heavy (non-hydrogen) atoms. The maximum Gasteiger partial charge on any atom is 0.338 e. The molecule has 1 aromatic heterocycles. The zero-order valence-corrected chi connectivity index (χ0v) is 15.0. The lowest BCUT2D eigenvalue weighted by atomic mass is 10.2. The van der Waals surface area contributed by atoms with Crippen LogP contribution in [0, 0.1) is 6.92 Å². The molecule has 134 valence electrons. The summed E-state index contributed by atoms with van der Waals surface area (Å²) in [7, 11) is 0. The van der Waals surface area contributed by atoms with Crippen molar-refractivity contribution in [2.45, 2.75) is 46.7 Å². The topological polar surface area (TPSA) is 90.3 Å². The van der Waals surface area contributed by atoms with E-state index in [0.29, 0.717) is 23.3 Å². The minimum absolute atomic E-state index is 0.0322. The summed E-state index contributed by atoms with van der Waals surface area (Å²) in [5.74, 6) is -0.938. The molecule has 0 saturated heterocycles. The molecular weight excluding hydrogens is 322 g/mol. The molecule has 1 aromatic carbocycles. The molecule has 7 nitrogen and oxygen atoms in total. The highest BCUT2D eigenvalue weighted by atomic mass is 16.5. The molecule has 0 spiro atoms. The molecule has 0 fully saturated rings. The molecule has 2 aromatic rings.